The van der Waals surface area contributed by atoms with E-state index in [9.17, 15) is 19.7 Å². The minimum absolute atomic E-state index is 0.0382. The number of benzene rings is 2. The van der Waals surface area contributed by atoms with Gasteiger partial charge >= 0.3 is 6.09 Å². The fourth-order valence-electron chi connectivity index (χ4n) is 3.51. The van der Waals surface area contributed by atoms with Gasteiger partial charge in [0.2, 0.25) is 0 Å². The molecule has 0 aliphatic heterocycles. The zero-order chi connectivity index (χ0) is 19.4. The Kier molecular flexibility index (Phi) is 5.21. The number of amides is 1. The van der Waals surface area contributed by atoms with Crippen LogP contribution in [0.5, 0.6) is 5.75 Å². The van der Waals surface area contributed by atoms with Gasteiger partial charge in [0.05, 0.1) is 4.92 Å². The predicted octanol–water partition coefficient (Wildman–Crippen LogP) is 4.03. The number of nitro benzene ring substituents is 1. The zero-order valence-corrected chi connectivity index (χ0v) is 14.9. The van der Waals surface area contributed by atoms with E-state index in [1.165, 1.54) is 24.3 Å². The Morgan fingerprint density at radius 3 is 2.48 bits per heavy atom. The van der Waals surface area contributed by atoms with Crippen LogP contribution in [0.15, 0.2) is 48.5 Å². The molecule has 1 atom stereocenters. The van der Waals surface area contributed by atoms with Crippen LogP contribution in [0.1, 0.15) is 36.8 Å². The Labute approximate surface area is 156 Å². The molecule has 1 aliphatic carbocycles. The van der Waals surface area contributed by atoms with Crippen molar-refractivity contribution in [3.8, 4) is 5.75 Å². The van der Waals surface area contributed by atoms with Crippen LogP contribution in [-0.2, 0) is 10.3 Å². The van der Waals surface area contributed by atoms with Crippen molar-refractivity contribution in [3.05, 3.63) is 69.8 Å². The molecule has 1 aliphatic rings. The Balaban J connectivity index is 1.84. The molecule has 140 valence electrons. The molecule has 1 unspecified atom stereocenters. The van der Waals surface area contributed by atoms with Crippen LogP contribution in [0.3, 0.4) is 0 Å². The summed E-state index contributed by atoms with van der Waals surface area (Å²) < 4.78 is 5.26. The Hall–Kier alpha value is -3.22. The van der Waals surface area contributed by atoms with E-state index in [1.807, 2.05) is 31.2 Å². The molecule has 0 heterocycles. The minimum atomic E-state index is -1.11. The summed E-state index contributed by atoms with van der Waals surface area (Å²) in [5.41, 5.74) is 0.488. The number of Topliss-reactive ketones (excluding diaryl/α,β-unsaturated/α-hetero) is 1. The van der Waals surface area contributed by atoms with Crippen molar-refractivity contribution in [2.45, 2.75) is 38.1 Å². The molecule has 0 bridgehead atoms. The Bertz CT molecular complexity index is 878. The first-order valence-corrected chi connectivity index (χ1v) is 8.76. The summed E-state index contributed by atoms with van der Waals surface area (Å²) in [7, 11) is 0. The first-order valence-electron chi connectivity index (χ1n) is 8.76. The molecule has 2 aromatic rings. The number of rotatable bonds is 4. The van der Waals surface area contributed by atoms with E-state index in [-0.39, 0.29) is 17.2 Å². The van der Waals surface area contributed by atoms with Gasteiger partial charge in [-0.15, -0.1) is 0 Å². The number of ketones is 1. The van der Waals surface area contributed by atoms with Crippen molar-refractivity contribution in [2.24, 2.45) is 0 Å². The standard InChI is InChI=1S/C20H20N2O5/c1-14-6-2-3-7-17(14)20(13-5-4-8-18(20)23)21-19(24)27-16-11-9-15(10-12-16)22(25)26/h2-3,6-7,9-12H,4-5,8,13H2,1H3,(H,21,24). The second kappa shape index (κ2) is 7.57. The SMILES string of the molecule is Cc1ccccc1C1(NC(=O)Oc2ccc([N+](=O)[O-])cc2)CCCCC1=O. The molecule has 27 heavy (non-hydrogen) atoms. The summed E-state index contributed by atoms with van der Waals surface area (Å²) in [6.45, 7) is 1.91. The molecule has 0 aromatic heterocycles. The number of aryl methyl sites for hydroxylation is 1. The largest absolute Gasteiger partial charge is 0.413 e. The molecule has 7 heteroatoms. The molecule has 1 saturated carbocycles. The summed E-state index contributed by atoms with van der Waals surface area (Å²) in [5, 5.41) is 13.5. The van der Waals surface area contributed by atoms with Gasteiger partial charge in [-0.1, -0.05) is 24.3 Å². The highest BCUT2D eigenvalue weighted by Crippen LogP contribution is 2.36. The predicted molar refractivity (Wildman–Crippen MR) is 98.6 cm³/mol. The molecule has 0 spiro atoms. The number of ether oxygens (including phenoxy) is 1. The molecule has 2 aromatic carbocycles. The third-order valence-corrected chi connectivity index (χ3v) is 4.86. The maximum absolute atomic E-state index is 12.8. The molecule has 0 saturated heterocycles. The van der Waals surface area contributed by atoms with Crippen LogP contribution in [0.4, 0.5) is 10.5 Å². The van der Waals surface area contributed by atoms with Crippen LogP contribution < -0.4 is 10.1 Å². The highest BCUT2D eigenvalue weighted by molar-refractivity contribution is 5.94. The molecule has 1 fully saturated rings. The van der Waals surface area contributed by atoms with Gasteiger partial charge in [-0.2, -0.15) is 0 Å². The number of nitrogens with zero attached hydrogens (tertiary/aromatic N) is 1. The van der Waals surface area contributed by atoms with Gasteiger partial charge in [0.25, 0.3) is 5.69 Å². The fraction of sp³-hybridized carbons (Fsp3) is 0.300. The fourth-order valence-corrected chi connectivity index (χ4v) is 3.51. The molecule has 3 rings (SSSR count). The third-order valence-electron chi connectivity index (χ3n) is 4.86. The van der Waals surface area contributed by atoms with Gasteiger partial charge in [-0.25, -0.2) is 4.79 Å². The summed E-state index contributed by atoms with van der Waals surface area (Å²) >= 11 is 0. The average Bonchev–Trinajstić information content (AvgIpc) is 2.64. The normalized spacial score (nSPS) is 19.4. The topological polar surface area (TPSA) is 98.5 Å². The van der Waals surface area contributed by atoms with E-state index in [0.717, 1.165) is 24.0 Å². The van der Waals surface area contributed by atoms with E-state index < -0.39 is 16.6 Å². The van der Waals surface area contributed by atoms with E-state index in [2.05, 4.69) is 5.32 Å². The number of nitro groups is 1. The number of hydrogen-bond acceptors (Lipinski definition) is 5. The second-order valence-corrected chi connectivity index (χ2v) is 6.62. The molecular weight excluding hydrogens is 348 g/mol. The Morgan fingerprint density at radius 1 is 1.15 bits per heavy atom. The monoisotopic (exact) mass is 368 g/mol. The Morgan fingerprint density at radius 2 is 1.85 bits per heavy atom. The molecular formula is C20H20N2O5. The second-order valence-electron chi connectivity index (χ2n) is 6.62. The number of hydrogen-bond donors (Lipinski definition) is 1. The van der Waals surface area contributed by atoms with Gasteiger partial charge in [0.1, 0.15) is 11.3 Å². The van der Waals surface area contributed by atoms with Gasteiger partial charge in [-0.3, -0.25) is 14.9 Å². The van der Waals surface area contributed by atoms with E-state index in [4.69, 9.17) is 4.74 Å². The molecule has 7 nitrogen and oxygen atoms in total. The maximum Gasteiger partial charge on any atom is 0.413 e. The minimum Gasteiger partial charge on any atom is -0.410 e. The number of non-ortho nitro benzene ring substituents is 1. The smallest absolute Gasteiger partial charge is 0.410 e. The summed E-state index contributed by atoms with van der Waals surface area (Å²) in [6, 6.07) is 12.7. The lowest BCUT2D eigenvalue weighted by Gasteiger charge is -2.37. The van der Waals surface area contributed by atoms with E-state index in [0.29, 0.717) is 12.8 Å². The number of nitrogens with one attached hydrogen (secondary N) is 1. The molecule has 1 amide bonds. The van der Waals surface area contributed by atoms with E-state index in [1.54, 1.807) is 0 Å². The van der Waals surface area contributed by atoms with Crippen molar-refractivity contribution in [2.75, 3.05) is 0 Å². The first kappa shape index (κ1) is 18.6. The summed E-state index contributed by atoms with van der Waals surface area (Å²) in [6.07, 6.45) is 1.75. The van der Waals surface area contributed by atoms with E-state index >= 15 is 0 Å². The first-order chi connectivity index (χ1) is 12.9. The van der Waals surface area contributed by atoms with Gasteiger partial charge in [0.15, 0.2) is 5.78 Å². The zero-order valence-electron chi connectivity index (χ0n) is 14.9. The van der Waals surface area contributed by atoms with Crippen LogP contribution in [-0.4, -0.2) is 16.8 Å². The lowest BCUT2D eigenvalue weighted by Crippen LogP contribution is -2.54. The maximum atomic E-state index is 12.8. The van der Waals surface area contributed by atoms with Crippen molar-refractivity contribution >= 4 is 17.6 Å². The average molecular weight is 368 g/mol. The van der Waals surface area contributed by atoms with Crippen LogP contribution in [0.2, 0.25) is 0 Å². The van der Waals surface area contributed by atoms with Crippen LogP contribution >= 0.6 is 0 Å². The number of carbonyl (C=O) groups is 2. The van der Waals surface area contributed by atoms with Crippen LogP contribution in [0.25, 0.3) is 0 Å². The van der Waals surface area contributed by atoms with Crippen molar-refractivity contribution < 1.29 is 19.2 Å². The molecule has 0 radical (unpaired) electrons. The van der Waals surface area contributed by atoms with Crippen LogP contribution in [0, 0.1) is 17.0 Å². The van der Waals surface area contributed by atoms with Gasteiger partial charge in [-0.05, 0) is 49.4 Å². The summed E-state index contributed by atoms with van der Waals surface area (Å²) in [4.78, 5) is 35.5. The van der Waals surface area contributed by atoms with Crippen molar-refractivity contribution in [3.63, 3.8) is 0 Å². The highest BCUT2D eigenvalue weighted by Gasteiger charge is 2.44. The van der Waals surface area contributed by atoms with Gasteiger partial charge in [0, 0.05) is 18.6 Å². The lowest BCUT2D eigenvalue weighted by atomic mass is 9.74. The highest BCUT2D eigenvalue weighted by atomic mass is 16.6. The van der Waals surface area contributed by atoms with Crippen molar-refractivity contribution in [1.29, 1.82) is 0 Å². The van der Waals surface area contributed by atoms with Gasteiger partial charge < -0.3 is 10.1 Å². The molecule has 1 N–H and O–H groups in total. The quantitative estimate of drug-likeness (QED) is 0.649. The van der Waals surface area contributed by atoms with Crippen molar-refractivity contribution in [1.82, 2.24) is 5.32 Å². The number of carbonyl (C=O) groups excluding carboxylic acids is 2. The summed E-state index contributed by atoms with van der Waals surface area (Å²) in [5.74, 6) is 0.130. The lowest BCUT2D eigenvalue weighted by molar-refractivity contribution is -0.384. The third kappa shape index (κ3) is 3.81.